The fourth-order valence-electron chi connectivity index (χ4n) is 2.73. The zero-order valence-corrected chi connectivity index (χ0v) is 9.58. The molecule has 82 valence electrons. The maximum atomic E-state index is 4.77. The van der Waals surface area contributed by atoms with Crippen molar-refractivity contribution < 1.29 is 0 Å². The lowest BCUT2D eigenvalue weighted by molar-refractivity contribution is 0.373. The van der Waals surface area contributed by atoms with Crippen molar-refractivity contribution >= 4 is 5.82 Å². The molecule has 0 spiro atoms. The van der Waals surface area contributed by atoms with E-state index in [4.69, 9.17) is 5.10 Å². The van der Waals surface area contributed by atoms with Crippen LogP contribution in [-0.2, 0) is 6.42 Å². The van der Waals surface area contributed by atoms with E-state index in [1.54, 1.807) is 0 Å². The summed E-state index contributed by atoms with van der Waals surface area (Å²) in [6.07, 6.45) is 5.11. The minimum Gasteiger partial charge on any atom is -0.370 e. The summed E-state index contributed by atoms with van der Waals surface area (Å²) in [5.74, 6) is 2.20. The third-order valence-corrected chi connectivity index (χ3v) is 3.79. The highest BCUT2D eigenvalue weighted by Crippen LogP contribution is 2.44. The predicted octanol–water partition coefficient (Wildman–Crippen LogP) is 2.52. The van der Waals surface area contributed by atoms with Gasteiger partial charge in [-0.2, -0.15) is 5.10 Å². The molecule has 15 heavy (non-hydrogen) atoms. The first kappa shape index (κ1) is 9.25. The summed E-state index contributed by atoms with van der Waals surface area (Å²) in [5, 5.41) is 8.26. The van der Waals surface area contributed by atoms with Crippen molar-refractivity contribution in [2.24, 2.45) is 5.92 Å². The van der Waals surface area contributed by atoms with E-state index in [9.17, 15) is 0 Å². The molecule has 0 bridgehead atoms. The van der Waals surface area contributed by atoms with Crippen molar-refractivity contribution in [1.82, 2.24) is 9.78 Å². The first-order valence-corrected chi connectivity index (χ1v) is 6.13. The second-order valence-electron chi connectivity index (χ2n) is 4.84. The van der Waals surface area contributed by atoms with Gasteiger partial charge < -0.3 is 5.32 Å². The lowest BCUT2D eigenvalue weighted by Crippen LogP contribution is -2.25. The van der Waals surface area contributed by atoms with E-state index < -0.39 is 0 Å². The number of rotatable bonds is 2. The van der Waals surface area contributed by atoms with Crippen LogP contribution in [0.2, 0.25) is 0 Å². The van der Waals surface area contributed by atoms with Crippen LogP contribution in [0.4, 0.5) is 5.82 Å². The summed E-state index contributed by atoms with van der Waals surface area (Å²) in [5.41, 5.74) is 2.63. The number of hydrogen-bond acceptors (Lipinski definition) is 2. The normalized spacial score (nSPS) is 24.8. The SMILES string of the molecule is CCc1nn2c(c1C)NCCC2C1CC1. The quantitative estimate of drug-likeness (QED) is 0.804. The van der Waals surface area contributed by atoms with Gasteiger partial charge in [0.1, 0.15) is 5.82 Å². The summed E-state index contributed by atoms with van der Waals surface area (Å²) < 4.78 is 2.27. The predicted molar refractivity (Wildman–Crippen MR) is 61.2 cm³/mol. The van der Waals surface area contributed by atoms with Crippen LogP contribution in [-0.4, -0.2) is 16.3 Å². The average molecular weight is 205 g/mol. The molecule has 1 aliphatic heterocycles. The summed E-state index contributed by atoms with van der Waals surface area (Å²) in [4.78, 5) is 0. The van der Waals surface area contributed by atoms with Crippen LogP contribution < -0.4 is 5.32 Å². The standard InChI is InChI=1S/C12H19N3/c1-3-10-8(2)12-13-7-6-11(9-4-5-9)15(12)14-10/h9,11,13H,3-7H2,1-2H3. The number of aryl methyl sites for hydroxylation is 1. The maximum Gasteiger partial charge on any atom is 0.127 e. The summed E-state index contributed by atoms with van der Waals surface area (Å²) in [6, 6.07) is 0.681. The van der Waals surface area contributed by atoms with E-state index in [1.807, 2.05) is 0 Å². The van der Waals surface area contributed by atoms with Gasteiger partial charge in [0.2, 0.25) is 0 Å². The van der Waals surface area contributed by atoms with Gasteiger partial charge in [-0.15, -0.1) is 0 Å². The monoisotopic (exact) mass is 205 g/mol. The van der Waals surface area contributed by atoms with Crippen molar-refractivity contribution in [2.75, 3.05) is 11.9 Å². The Kier molecular flexibility index (Phi) is 2.01. The van der Waals surface area contributed by atoms with Gasteiger partial charge in [0.15, 0.2) is 0 Å². The molecule has 0 amide bonds. The number of nitrogens with zero attached hydrogens (tertiary/aromatic N) is 2. The third-order valence-electron chi connectivity index (χ3n) is 3.79. The van der Waals surface area contributed by atoms with Crippen molar-refractivity contribution in [1.29, 1.82) is 0 Å². The number of aromatic nitrogens is 2. The molecule has 1 N–H and O–H groups in total. The Labute approximate surface area is 90.9 Å². The smallest absolute Gasteiger partial charge is 0.127 e. The third kappa shape index (κ3) is 1.36. The molecule has 0 saturated heterocycles. The van der Waals surface area contributed by atoms with Gasteiger partial charge in [0, 0.05) is 12.1 Å². The molecule has 1 atom stereocenters. The van der Waals surface area contributed by atoms with Gasteiger partial charge in [0.25, 0.3) is 0 Å². The van der Waals surface area contributed by atoms with E-state index >= 15 is 0 Å². The number of anilines is 1. The van der Waals surface area contributed by atoms with Crippen molar-refractivity contribution in [3.8, 4) is 0 Å². The fraction of sp³-hybridized carbons (Fsp3) is 0.750. The summed E-state index contributed by atoms with van der Waals surface area (Å²) in [6.45, 7) is 5.50. The molecule has 1 aromatic rings. The van der Waals surface area contributed by atoms with E-state index in [-0.39, 0.29) is 0 Å². The van der Waals surface area contributed by atoms with Crippen LogP contribution >= 0.6 is 0 Å². The molecule has 0 aromatic carbocycles. The highest BCUT2D eigenvalue weighted by atomic mass is 15.4. The van der Waals surface area contributed by atoms with Crippen LogP contribution in [0.25, 0.3) is 0 Å². The molecule has 1 aromatic heterocycles. The zero-order chi connectivity index (χ0) is 10.4. The molecular weight excluding hydrogens is 186 g/mol. The second kappa shape index (κ2) is 3.26. The summed E-state index contributed by atoms with van der Waals surface area (Å²) in [7, 11) is 0. The van der Waals surface area contributed by atoms with E-state index in [0.717, 1.165) is 18.9 Å². The largest absolute Gasteiger partial charge is 0.370 e. The minimum absolute atomic E-state index is 0.681. The van der Waals surface area contributed by atoms with E-state index in [2.05, 4.69) is 23.8 Å². The molecule has 3 nitrogen and oxygen atoms in total. The molecule has 3 heteroatoms. The van der Waals surface area contributed by atoms with Crippen molar-refractivity contribution in [3.63, 3.8) is 0 Å². The summed E-state index contributed by atoms with van der Waals surface area (Å²) >= 11 is 0. The first-order chi connectivity index (χ1) is 7.31. The fourth-order valence-corrected chi connectivity index (χ4v) is 2.73. The highest BCUT2D eigenvalue weighted by Gasteiger charge is 2.36. The maximum absolute atomic E-state index is 4.77. The minimum atomic E-state index is 0.681. The van der Waals surface area contributed by atoms with Crippen molar-refractivity contribution in [3.05, 3.63) is 11.3 Å². The average Bonchev–Trinajstić information content (AvgIpc) is 3.04. The van der Waals surface area contributed by atoms with E-state index in [0.29, 0.717) is 6.04 Å². The Morgan fingerprint density at radius 3 is 2.87 bits per heavy atom. The van der Waals surface area contributed by atoms with Gasteiger partial charge >= 0.3 is 0 Å². The Morgan fingerprint density at radius 2 is 2.20 bits per heavy atom. The molecular formula is C12H19N3. The Morgan fingerprint density at radius 1 is 1.40 bits per heavy atom. The molecule has 1 fully saturated rings. The van der Waals surface area contributed by atoms with Crippen LogP contribution in [0.1, 0.15) is 43.5 Å². The molecule has 0 radical (unpaired) electrons. The van der Waals surface area contributed by atoms with Gasteiger partial charge in [0.05, 0.1) is 11.7 Å². The number of hydrogen-bond donors (Lipinski definition) is 1. The van der Waals surface area contributed by atoms with Gasteiger partial charge in [-0.1, -0.05) is 6.92 Å². The molecule has 2 heterocycles. The molecule has 2 aliphatic rings. The highest BCUT2D eigenvalue weighted by molar-refractivity contribution is 5.48. The topological polar surface area (TPSA) is 29.9 Å². The Balaban J connectivity index is 2.02. The zero-order valence-electron chi connectivity index (χ0n) is 9.58. The lowest BCUT2D eigenvalue weighted by Gasteiger charge is -2.26. The first-order valence-electron chi connectivity index (χ1n) is 6.13. The van der Waals surface area contributed by atoms with Crippen LogP contribution in [0.5, 0.6) is 0 Å². The molecule has 3 rings (SSSR count). The number of fused-ring (bicyclic) bond motifs is 1. The lowest BCUT2D eigenvalue weighted by atomic mass is 10.1. The van der Waals surface area contributed by atoms with Crippen LogP contribution in [0.3, 0.4) is 0 Å². The van der Waals surface area contributed by atoms with Gasteiger partial charge in [-0.25, -0.2) is 4.68 Å². The molecule has 1 saturated carbocycles. The van der Waals surface area contributed by atoms with Gasteiger partial charge in [-0.3, -0.25) is 0 Å². The molecule has 1 unspecified atom stereocenters. The molecule has 1 aliphatic carbocycles. The van der Waals surface area contributed by atoms with Crippen LogP contribution in [0, 0.1) is 12.8 Å². The Bertz CT molecular complexity index is 376. The van der Waals surface area contributed by atoms with Crippen molar-refractivity contribution in [2.45, 2.75) is 45.6 Å². The van der Waals surface area contributed by atoms with Gasteiger partial charge in [-0.05, 0) is 38.5 Å². The van der Waals surface area contributed by atoms with E-state index in [1.165, 1.54) is 36.3 Å². The Hall–Kier alpha value is -0.990. The number of nitrogens with one attached hydrogen (secondary N) is 1. The second-order valence-corrected chi connectivity index (χ2v) is 4.84. The van der Waals surface area contributed by atoms with Crippen LogP contribution in [0.15, 0.2) is 0 Å².